The summed E-state index contributed by atoms with van der Waals surface area (Å²) in [6.45, 7) is 0. The van der Waals surface area contributed by atoms with Crippen LogP contribution in [0.25, 0.3) is 39.6 Å². The van der Waals surface area contributed by atoms with E-state index in [1.165, 1.54) is 11.9 Å². The van der Waals surface area contributed by atoms with Gasteiger partial charge in [0.2, 0.25) is 0 Å². The summed E-state index contributed by atoms with van der Waals surface area (Å²) >= 11 is 5.08. The van der Waals surface area contributed by atoms with Crippen LogP contribution in [0.5, 0.6) is 0 Å². The number of cyclic esters (lactones) is 1. The summed E-state index contributed by atoms with van der Waals surface area (Å²) in [4.78, 5) is 38.7. The first kappa shape index (κ1) is 22.7. The van der Waals surface area contributed by atoms with Crippen LogP contribution in [0.15, 0.2) is 78.2 Å². The van der Waals surface area contributed by atoms with Crippen molar-refractivity contribution in [2.45, 2.75) is 0 Å². The van der Waals surface area contributed by atoms with E-state index < -0.39 is 12.0 Å². The van der Waals surface area contributed by atoms with Crippen LogP contribution in [0.1, 0.15) is 11.1 Å². The minimum absolute atomic E-state index is 0.0268. The molecule has 2 fully saturated rings. The number of hydrogen-bond acceptors (Lipinski definition) is 6. The van der Waals surface area contributed by atoms with Gasteiger partial charge in [-0.1, -0.05) is 30.3 Å². The lowest BCUT2D eigenvalue weighted by Crippen LogP contribution is -2.23. The summed E-state index contributed by atoms with van der Waals surface area (Å²) in [6, 6.07) is 21.6. The lowest BCUT2D eigenvalue weighted by Gasteiger charge is -2.07. The molecule has 3 amide bonds. The van der Waals surface area contributed by atoms with Gasteiger partial charge in [0, 0.05) is 30.6 Å². The minimum atomic E-state index is -0.704. The quantitative estimate of drug-likeness (QED) is 0.290. The Morgan fingerprint density at radius 2 is 1.24 bits per heavy atom. The predicted octanol–water partition coefficient (Wildman–Crippen LogP) is 4.85. The zero-order valence-corrected chi connectivity index (χ0v) is 20.6. The third-order valence-corrected chi connectivity index (χ3v) is 6.75. The fourth-order valence-corrected chi connectivity index (χ4v) is 4.66. The summed E-state index contributed by atoms with van der Waals surface area (Å²) in [7, 11) is 2.95. The minimum Gasteiger partial charge on any atom is -0.426 e. The second kappa shape index (κ2) is 8.42. The SMILES string of the molecule is CN1C(=O)O/C(=C/c2ccc3c(c2)c2cc(/C=C4/OC(=S)N(C)C4=O)ccc2n3-c2ccccc2)C1=O. The molecule has 4 aromatic rings. The summed E-state index contributed by atoms with van der Waals surface area (Å²) < 4.78 is 12.7. The van der Waals surface area contributed by atoms with Gasteiger partial charge in [-0.2, -0.15) is 0 Å². The van der Waals surface area contributed by atoms with Crippen LogP contribution in [0, 0.1) is 0 Å². The van der Waals surface area contributed by atoms with E-state index in [2.05, 4.69) is 4.57 Å². The number of carbonyl (C=O) groups is 3. The molecule has 0 unspecified atom stereocenters. The molecule has 37 heavy (non-hydrogen) atoms. The first-order valence-corrected chi connectivity index (χ1v) is 11.8. The number of fused-ring (bicyclic) bond motifs is 3. The molecule has 0 radical (unpaired) electrons. The Kier molecular flexibility index (Phi) is 5.16. The van der Waals surface area contributed by atoms with Gasteiger partial charge in [-0.3, -0.25) is 14.5 Å². The Labute approximate surface area is 216 Å². The average Bonchev–Trinajstić information content (AvgIpc) is 3.45. The molecule has 0 spiro atoms. The van der Waals surface area contributed by atoms with E-state index >= 15 is 0 Å². The highest BCUT2D eigenvalue weighted by molar-refractivity contribution is 7.80. The van der Waals surface area contributed by atoms with Crippen molar-refractivity contribution in [3.8, 4) is 5.69 Å². The zero-order chi connectivity index (χ0) is 25.8. The van der Waals surface area contributed by atoms with Crippen LogP contribution in [0.3, 0.4) is 0 Å². The number of imide groups is 1. The molecule has 2 saturated heterocycles. The molecule has 0 bridgehead atoms. The number of amides is 3. The number of para-hydroxylation sites is 1. The molecule has 3 aromatic carbocycles. The number of ether oxygens (including phenoxy) is 2. The molecular formula is C28H19N3O5S. The highest BCUT2D eigenvalue weighted by Crippen LogP contribution is 2.34. The molecule has 2 aliphatic heterocycles. The predicted molar refractivity (Wildman–Crippen MR) is 142 cm³/mol. The Morgan fingerprint density at radius 1 is 0.703 bits per heavy atom. The fraction of sp³-hybridized carbons (Fsp3) is 0.0714. The Balaban J connectivity index is 1.54. The first-order chi connectivity index (χ1) is 17.8. The number of rotatable bonds is 3. The van der Waals surface area contributed by atoms with E-state index in [1.807, 2.05) is 66.7 Å². The summed E-state index contributed by atoms with van der Waals surface area (Å²) in [5.41, 5.74) is 4.38. The first-order valence-electron chi connectivity index (χ1n) is 11.4. The Hall–Kier alpha value is -4.76. The molecule has 1 aromatic heterocycles. The van der Waals surface area contributed by atoms with Gasteiger partial charge in [0.05, 0.1) is 11.0 Å². The summed E-state index contributed by atoms with van der Waals surface area (Å²) in [5, 5.41) is 1.97. The summed E-state index contributed by atoms with van der Waals surface area (Å²) in [5.74, 6) is -0.655. The van der Waals surface area contributed by atoms with Crippen LogP contribution < -0.4 is 0 Å². The van der Waals surface area contributed by atoms with Gasteiger partial charge < -0.3 is 14.0 Å². The molecule has 0 aliphatic carbocycles. The van der Waals surface area contributed by atoms with Gasteiger partial charge in [0.1, 0.15) is 0 Å². The van der Waals surface area contributed by atoms with Gasteiger partial charge in [0.25, 0.3) is 17.0 Å². The maximum atomic E-state index is 12.4. The molecule has 8 nitrogen and oxygen atoms in total. The Morgan fingerprint density at radius 3 is 1.73 bits per heavy atom. The largest absolute Gasteiger partial charge is 0.426 e. The third kappa shape index (κ3) is 3.68. The van der Waals surface area contributed by atoms with Crippen molar-refractivity contribution in [1.82, 2.24) is 14.4 Å². The van der Waals surface area contributed by atoms with Crippen LogP contribution in [0.2, 0.25) is 0 Å². The monoisotopic (exact) mass is 509 g/mol. The zero-order valence-electron chi connectivity index (χ0n) is 19.8. The van der Waals surface area contributed by atoms with Crippen LogP contribution in [0.4, 0.5) is 4.79 Å². The normalized spacial score (nSPS) is 18.1. The van der Waals surface area contributed by atoms with E-state index in [9.17, 15) is 14.4 Å². The van der Waals surface area contributed by atoms with E-state index in [1.54, 1.807) is 19.2 Å². The van der Waals surface area contributed by atoms with Crippen LogP contribution in [-0.2, 0) is 19.1 Å². The molecule has 0 N–H and O–H groups in total. The highest BCUT2D eigenvalue weighted by Gasteiger charge is 2.33. The van der Waals surface area contributed by atoms with E-state index in [0.717, 1.165) is 38.0 Å². The number of thiocarbonyl (C=S) groups is 1. The maximum absolute atomic E-state index is 12.4. The summed E-state index contributed by atoms with van der Waals surface area (Å²) in [6.07, 6.45) is 2.52. The lowest BCUT2D eigenvalue weighted by atomic mass is 10.1. The van der Waals surface area contributed by atoms with Gasteiger partial charge >= 0.3 is 6.09 Å². The van der Waals surface area contributed by atoms with Crippen LogP contribution in [-0.4, -0.2) is 51.5 Å². The van der Waals surface area contributed by atoms with Crippen molar-refractivity contribution in [3.05, 3.63) is 89.4 Å². The van der Waals surface area contributed by atoms with Gasteiger partial charge in [-0.25, -0.2) is 9.69 Å². The second-order valence-electron chi connectivity index (χ2n) is 8.71. The molecule has 3 heterocycles. The van der Waals surface area contributed by atoms with Gasteiger partial charge in [-0.15, -0.1) is 0 Å². The highest BCUT2D eigenvalue weighted by atomic mass is 32.1. The number of hydrogen-bond donors (Lipinski definition) is 0. The van der Waals surface area contributed by atoms with Crippen molar-refractivity contribution in [2.24, 2.45) is 0 Å². The van der Waals surface area contributed by atoms with Crippen molar-refractivity contribution >= 4 is 69.3 Å². The molecule has 0 saturated carbocycles. The molecule has 6 rings (SSSR count). The van der Waals surface area contributed by atoms with E-state index in [0.29, 0.717) is 5.56 Å². The van der Waals surface area contributed by atoms with Crippen molar-refractivity contribution in [3.63, 3.8) is 0 Å². The fourth-order valence-electron chi connectivity index (χ4n) is 4.49. The van der Waals surface area contributed by atoms with Crippen molar-refractivity contribution in [2.75, 3.05) is 14.1 Å². The number of likely N-dealkylation sites (N-methyl/N-ethyl adjacent to an activating group) is 2. The lowest BCUT2D eigenvalue weighted by molar-refractivity contribution is -0.122. The van der Waals surface area contributed by atoms with Crippen molar-refractivity contribution in [1.29, 1.82) is 0 Å². The standard InChI is InChI=1S/C28H19N3O5S/c1-29-25(32)23(35-27(29)34)14-16-8-10-21-19(12-16)20-13-17(15-24-26(33)30(2)28(37)36-24)9-11-22(20)31(21)18-6-4-3-5-7-18/h3-15H,1-2H3/b23-14+,24-15+. The van der Waals surface area contributed by atoms with Gasteiger partial charge in [0.15, 0.2) is 11.5 Å². The average molecular weight is 510 g/mol. The topological polar surface area (TPSA) is 81.1 Å². The van der Waals surface area contributed by atoms with Crippen molar-refractivity contribution < 1.29 is 23.9 Å². The van der Waals surface area contributed by atoms with E-state index in [-0.39, 0.29) is 22.6 Å². The number of benzene rings is 3. The molecule has 9 heteroatoms. The maximum Gasteiger partial charge on any atom is 0.422 e. The smallest absolute Gasteiger partial charge is 0.422 e. The Bertz CT molecular complexity index is 1630. The number of carbonyl (C=O) groups excluding carboxylic acids is 3. The van der Waals surface area contributed by atoms with E-state index in [4.69, 9.17) is 21.7 Å². The molecule has 2 aliphatic rings. The van der Waals surface area contributed by atoms with Gasteiger partial charge in [-0.05, 0) is 71.9 Å². The number of nitrogens with zero attached hydrogens (tertiary/aromatic N) is 3. The van der Waals surface area contributed by atoms with Crippen LogP contribution >= 0.6 is 12.2 Å². The molecule has 182 valence electrons. The number of aromatic nitrogens is 1. The molecular weight excluding hydrogens is 490 g/mol. The third-order valence-electron chi connectivity index (χ3n) is 6.40. The second-order valence-corrected chi connectivity index (χ2v) is 9.05. The molecule has 0 atom stereocenters.